The molecule has 0 aliphatic heterocycles. The number of aromatic nitrogens is 1. The molecule has 1 aromatic heterocycles. The van der Waals surface area contributed by atoms with Gasteiger partial charge in [0.2, 0.25) is 5.91 Å². The Labute approximate surface area is 199 Å². The van der Waals surface area contributed by atoms with Gasteiger partial charge in [-0.25, -0.2) is 0 Å². The molecular weight excluding hydrogens is 420 g/mol. The number of carbonyl (C=O) groups is 1. The molecule has 0 aliphatic rings. The van der Waals surface area contributed by atoms with Crippen molar-refractivity contribution in [3.8, 4) is 5.75 Å². The van der Waals surface area contributed by atoms with Gasteiger partial charge in [0.1, 0.15) is 5.75 Å². The number of rotatable bonds is 6. The Hall–Kier alpha value is -4.05. The molecule has 5 aromatic rings. The van der Waals surface area contributed by atoms with Gasteiger partial charge in [-0.15, -0.1) is 0 Å². The number of hydrogen-bond acceptors (Lipinski definition) is 2. The standard InChI is InChI=1S/C30H28N2O2/c1-19(2)23-16-26-29(27(33)17-23)28-24(30(31)34)13-8-14-25(28)32(26)18-22-12-7-6-11-21(22)15-20-9-4-3-5-10-20/h3-14,16-17,19,33H,15,18H2,1-2H3,(H2,31,34). The van der Waals surface area contributed by atoms with Crippen LogP contribution in [0.4, 0.5) is 0 Å². The summed E-state index contributed by atoms with van der Waals surface area (Å²) < 4.78 is 2.20. The van der Waals surface area contributed by atoms with Gasteiger partial charge in [0.25, 0.3) is 0 Å². The van der Waals surface area contributed by atoms with Crippen LogP contribution < -0.4 is 5.73 Å². The van der Waals surface area contributed by atoms with E-state index < -0.39 is 5.91 Å². The molecule has 0 unspecified atom stereocenters. The quantitative estimate of drug-likeness (QED) is 0.317. The Morgan fingerprint density at radius 3 is 2.26 bits per heavy atom. The van der Waals surface area contributed by atoms with Gasteiger partial charge >= 0.3 is 0 Å². The van der Waals surface area contributed by atoms with Crippen LogP contribution in [0, 0.1) is 0 Å². The van der Waals surface area contributed by atoms with Crippen molar-refractivity contribution in [3.05, 3.63) is 113 Å². The Morgan fingerprint density at radius 1 is 0.853 bits per heavy atom. The van der Waals surface area contributed by atoms with E-state index in [1.807, 2.05) is 18.2 Å². The molecule has 0 aliphatic carbocycles. The number of amides is 1. The second-order valence-electron chi connectivity index (χ2n) is 9.17. The molecule has 0 radical (unpaired) electrons. The average Bonchev–Trinajstić information content (AvgIpc) is 3.15. The minimum absolute atomic E-state index is 0.177. The molecule has 0 fully saturated rings. The number of aromatic hydroxyl groups is 1. The summed E-state index contributed by atoms with van der Waals surface area (Å²) in [6.45, 7) is 4.83. The maximum absolute atomic E-state index is 12.3. The Kier molecular flexibility index (Phi) is 5.58. The van der Waals surface area contributed by atoms with Crippen molar-refractivity contribution in [2.24, 2.45) is 5.73 Å². The Balaban J connectivity index is 1.74. The predicted octanol–water partition coefficient (Wildman–Crippen LogP) is 6.36. The van der Waals surface area contributed by atoms with Crippen molar-refractivity contribution in [2.75, 3.05) is 0 Å². The van der Waals surface area contributed by atoms with Crippen LogP contribution in [0.25, 0.3) is 21.8 Å². The number of primary amides is 1. The summed E-state index contributed by atoms with van der Waals surface area (Å²) in [4.78, 5) is 12.3. The fraction of sp³-hybridized carbons (Fsp3) is 0.167. The van der Waals surface area contributed by atoms with E-state index in [0.29, 0.717) is 22.9 Å². The minimum atomic E-state index is -0.499. The number of fused-ring (bicyclic) bond motifs is 3. The summed E-state index contributed by atoms with van der Waals surface area (Å²) in [7, 11) is 0. The van der Waals surface area contributed by atoms with E-state index in [9.17, 15) is 9.90 Å². The summed E-state index contributed by atoms with van der Waals surface area (Å²) >= 11 is 0. The van der Waals surface area contributed by atoms with Crippen LogP contribution in [0.5, 0.6) is 5.75 Å². The molecule has 1 heterocycles. The Morgan fingerprint density at radius 2 is 1.56 bits per heavy atom. The van der Waals surface area contributed by atoms with E-state index in [-0.39, 0.29) is 11.7 Å². The maximum atomic E-state index is 12.3. The van der Waals surface area contributed by atoms with E-state index in [1.165, 1.54) is 16.7 Å². The van der Waals surface area contributed by atoms with Crippen LogP contribution in [-0.4, -0.2) is 15.6 Å². The van der Waals surface area contributed by atoms with Crippen LogP contribution in [0.15, 0.2) is 84.9 Å². The lowest BCUT2D eigenvalue weighted by atomic mass is 9.99. The van der Waals surface area contributed by atoms with Crippen molar-refractivity contribution in [1.29, 1.82) is 0 Å². The topological polar surface area (TPSA) is 68.2 Å². The summed E-state index contributed by atoms with van der Waals surface area (Å²) in [6, 6.07) is 28.4. The molecule has 4 heteroatoms. The van der Waals surface area contributed by atoms with Crippen molar-refractivity contribution >= 4 is 27.7 Å². The first-order chi connectivity index (χ1) is 16.4. The zero-order valence-electron chi connectivity index (χ0n) is 19.5. The largest absolute Gasteiger partial charge is 0.507 e. The third-order valence-electron chi connectivity index (χ3n) is 6.61. The number of hydrogen-bond donors (Lipinski definition) is 2. The number of nitrogens with two attached hydrogens (primary N) is 1. The van der Waals surface area contributed by atoms with E-state index >= 15 is 0 Å². The summed E-state index contributed by atoms with van der Waals surface area (Å²) in [5.74, 6) is -0.0691. The van der Waals surface area contributed by atoms with Gasteiger partial charge in [0.15, 0.2) is 0 Å². The lowest BCUT2D eigenvalue weighted by Gasteiger charge is -2.14. The van der Waals surface area contributed by atoms with Crippen LogP contribution in [0.2, 0.25) is 0 Å². The summed E-state index contributed by atoms with van der Waals surface area (Å²) in [5.41, 5.74) is 12.7. The summed E-state index contributed by atoms with van der Waals surface area (Å²) in [5, 5.41) is 12.5. The zero-order chi connectivity index (χ0) is 23.8. The van der Waals surface area contributed by atoms with Gasteiger partial charge in [0, 0.05) is 17.5 Å². The number of nitrogens with zero attached hydrogens (tertiary/aromatic N) is 1. The fourth-order valence-electron chi connectivity index (χ4n) is 4.84. The molecule has 3 N–H and O–H groups in total. The zero-order valence-corrected chi connectivity index (χ0v) is 19.5. The molecule has 5 rings (SSSR count). The fourth-order valence-corrected chi connectivity index (χ4v) is 4.84. The lowest BCUT2D eigenvalue weighted by molar-refractivity contribution is 0.100. The molecule has 170 valence electrons. The van der Waals surface area contributed by atoms with Gasteiger partial charge in [0.05, 0.1) is 16.4 Å². The highest BCUT2D eigenvalue weighted by Gasteiger charge is 2.21. The second-order valence-corrected chi connectivity index (χ2v) is 9.17. The highest BCUT2D eigenvalue weighted by atomic mass is 16.3. The van der Waals surface area contributed by atoms with Gasteiger partial charge in [-0.1, -0.05) is 74.5 Å². The smallest absolute Gasteiger partial charge is 0.249 e. The van der Waals surface area contributed by atoms with Crippen molar-refractivity contribution in [2.45, 2.75) is 32.7 Å². The molecule has 0 saturated carbocycles. The molecular formula is C30H28N2O2. The molecule has 0 saturated heterocycles. The first-order valence-corrected chi connectivity index (χ1v) is 11.6. The average molecular weight is 449 g/mol. The van der Waals surface area contributed by atoms with Crippen molar-refractivity contribution in [3.63, 3.8) is 0 Å². The monoisotopic (exact) mass is 448 g/mol. The van der Waals surface area contributed by atoms with Gasteiger partial charge < -0.3 is 15.4 Å². The normalized spacial score (nSPS) is 11.5. The minimum Gasteiger partial charge on any atom is -0.507 e. The molecule has 0 atom stereocenters. The van der Waals surface area contributed by atoms with Gasteiger partial charge in [-0.2, -0.15) is 0 Å². The van der Waals surface area contributed by atoms with Gasteiger partial charge in [-0.3, -0.25) is 4.79 Å². The van der Waals surface area contributed by atoms with E-state index in [1.54, 1.807) is 12.1 Å². The highest BCUT2D eigenvalue weighted by molar-refractivity contribution is 6.19. The molecule has 1 amide bonds. The third-order valence-corrected chi connectivity index (χ3v) is 6.61. The van der Waals surface area contributed by atoms with Crippen molar-refractivity contribution < 1.29 is 9.90 Å². The molecule has 0 bridgehead atoms. The first-order valence-electron chi connectivity index (χ1n) is 11.6. The van der Waals surface area contributed by atoms with E-state index in [4.69, 9.17) is 5.73 Å². The number of phenols is 1. The highest BCUT2D eigenvalue weighted by Crippen LogP contribution is 2.39. The molecule has 0 spiro atoms. The third kappa shape index (κ3) is 3.81. The molecule has 34 heavy (non-hydrogen) atoms. The first kappa shape index (κ1) is 21.8. The lowest BCUT2D eigenvalue weighted by Crippen LogP contribution is -2.11. The second kappa shape index (κ2) is 8.71. The summed E-state index contributed by atoms with van der Waals surface area (Å²) in [6.07, 6.45) is 0.836. The van der Waals surface area contributed by atoms with Crippen LogP contribution in [0.3, 0.4) is 0 Å². The van der Waals surface area contributed by atoms with Gasteiger partial charge in [-0.05, 0) is 58.9 Å². The van der Waals surface area contributed by atoms with Crippen molar-refractivity contribution in [1.82, 2.24) is 4.57 Å². The van der Waals surface area contributed by atoms with Crippen LogP contribution >= 0.6 is 0 Å². The van der Waals surface area contributed by atoms with Crippen LogP contribution in [0.1, 0.15) is 52.4 Å². The number of carbonyl (C=O) groups excluding carboxylic acids is 1. The van der Waals surface area contributed by atoms with E-state index in [0.717, 1.165) is 23.0 Å². The molecule has 4 nitrogen and oxygen atoms in total. The number of benzene rings is 4. The SMILES string of the molecule is CC(C)c1cc(O)c2c3c(C(N)=O)cccc3n(Cc3ccccc3Cc3ccccc3)c2c1. The maximum Gasteiger partial charge on any atom is 0.249 e. The predicted molar refractivity (Wildman–Crippen MR) is 139 cm³/mol. The van der Waals surface area contributed by atoms with E-state index in [2.05, 4.69) is 73.0 Å². The number of phenolic OH excluding ortho intramolecular Hbond substituents is 1. The molecule has 4 aromatic carbocycles. The van der Waals surface area contributed by atoms with Crippen LogP contribution in [-0.2, 0) is 13.0 Å². The Bertz CT molecular complexity index is 1510.